The van der Waals surface area contributed by atoms with Gasteiger partial charge in [0.05, 0.1) is 16.7 Å². The van der Waals surface area contributed by atoms with Crippen LogP contribution in [0.1, 0.15) is 37.0 Å². The van der Waals surface area contributed by atoms with Gasteiger partial charge in [0, 0.05) is 12.6 Å². The molecule has 3 rings (SSSR count). The van der Waals surface area contributed by atoms with Crippen LogP contribution in [0.4, 0.5) is 0 Å². The highest BCUT2D eigenvalue weighted by atomic mass is 35.5. The Balaban J connectivity index is 1.55. The fourth-order valence-corrected chi connectivity index (χ4v) is 3.58. The lowest BCUT2D eigenvalue weighted by Crippen LogP contribution is -2.26. The lowest BCUT2D eigenvalue weighted by atomic mass is 10.1. The highest BCUT2D eigenvalue weighted by Crippen LogP contribution is 2.30. The second-order valence-corrected chi connectivity index (χ2v) is 8.37. The molecule has 31 heavy (non-hydrogen) atoms. The highest BCUT2D eigenvalue weighted by molar-refractivity contribution is 6.42. The molecule has 0 aliphatic heterocycles. The molecule has 0 spiro atoms. The number of aryl methyl sites for hydroxylation is 1. The van der Waals surface area contributed by atoms with E-state index in [1.807, 2.05) is 31.2 Å². The smallest absolute Gasteiger partial charge is 0.161 e. The zero-order valence-electron chi connectivity index (χ0n) is 18.0. The number of hydrogen-bond acceptors (Lipinski definition) is 3. The van der Waals surface area contributed by atoms with Gasteiger partial charge in [0.1, 0.15) is 6.61 Å². The Morgan fingerprint density at radius 3 is 2.32 bits per heavy atom. The summed E-state index contributed by atoms with van der Waals surface area (Å²) in [6.45, 7) is 5.95. The summed E-state index contributed by atoms with van der Waals surface area (Å²) in [5.74, 6) is 1.47. The summed E-state index contributed by atoms with van der Waals surface area (Å²) in [7, 11) is 0. The third kappa shape index (κ3) is 7.46. The first-order chi connectivity index (χ1) is 15.0. The molecule has 0 saturated heterocycles. The summed E-state index contributed by atoms with van der Waals surface area (Å²) in [6.07, 6.45) is 2.16. The van der Waals surface area contributed by atoms with Crippen LogP contribution in [-0.2, 0) is 19.6 Å². The molecule has 0 fully saturated rings. The Kier molecular flexibility index (Phi) is 9.08. The van der Waals surface area contributed by atoms with E-state index in [1.165, 1.54) is 5.56 Å². The van der Waals surface area contributed by atoms with Crippen LogP contribution in [0.15, 0.2) is 66.7 Å². The summed E-state index contributed by atoms with van der Waals surface area (Å²) in [5.41, 5.74) is 3.49. The van der Waals surface area contributed by atoms with Crippen LogP contribution >= 0.6 is 23.2 Å². The molecule has 0 aliphatic carbocycles. The second kappa shape index (κ2) is 12.0. The van der Waals surface area contributed by atoms with Crippen molar-refractivity contribution in [3.05, 3.63) is 93.5 Å². The van der Waals surface area contributed by atoms with E-state index in [4.69, 9.17) is 32.7 Å². The zero-order valence-corrected chi connectivity index (χ0v) is 19.5. The topological polar surface area (TPSA) is 30.5 Å². The lowest BCUT2D eigenvalue weighted by molar-refractivity contribution is 0.269. The van der Waals surface area contributed by atoms with E-state index in [1.54, 1.807) is 6.07 Å². The molecule has 1 N–H and O–H groups in total. The van der Waals surface area contributed by atoms with Crippen LogP contribution in [0.3, 0.4) is 0 Å². The van der Waals surface area contributed by atoms with Crippen LogP contribution in [0.2, 0.25) is 10.0 Å². The minimum atomic E-state index is 0.394. The number of ether oxygens (including phenoxy) is 2. The molecule has 1 atom stereocenters. The molecule has 0 radical (unpaired) electrons. The van der Waals surface area contributed by atoms with Crippen molar-refractivity contribution in [3.63, 3.8) is 0 Å². The molecule has 1 unspecified atom stereocenters. The molecular weight excluding hydrogens is 429 g/mol. The number of rotatable bonds is 11. The molecule has 0 heterocycles. The standard InChI is InChI=1S/C26H29Cl2NO2/c1-3-30-26-16-21(17-29-19(2)9-10-20-7-5-4-6-8-20)12-14-25(26)31-18-22-11-13-23(27)24(28)15-22/h4-8,11-16,19,29H,3,9-10,17-18H2,1-2H3. The van der Waals surface area contributed by atoms with Gasteiger partial charge >= 0.3 is 0 Å². The van der Waals surface area contributed by atoms with Crippen LogP contribution in [0.25, 0.3) is 0 Å². The Morgan fingerprint density at radius 1 is 0.806 bits per heavy atom. The van der Waals surface area contributed by atoms with Crippen molar-refractivity contribution >= 4 is 23.2 Å². The van der Waals surface area contributed by atoms with E-state index >= 15 is 0 Å². The lowest BCUT2D eigenvalue weighted by Gasteiger charge is -2.16. The van der Waals surface area contributed by atoms with E-state index in [-0.39, 0.29) is 0 Å². The third-order valence-corrected chi connectivity index (χ3v) is 5.79. The summed E-state index contributed by atoms with van der Waals surface area (Å²) in [4.78, 5) is 0. The van der Waals surface area contributed by atoms with E-state index < -0.39 is 0 Å². The van der Waals surface area contributed by atoms with E-state index in [0.717, 1.165) is 36.3 Å². The number of nitrogens with one attached hydrogen (secondary N) is 1. The molecule has 0 saturated carbocycles. The SMILES string of the molecule is CCOc1cc(CNC(C)CCc2ccccc2)ccc1OCc1ccc(Cl)c(Cl)c1. The molecule has 0 aliphatic rings. The van der Waals surface area contributed by atoms with Crippen LogP contribution < -0.4 is 14.8 Å². The first kappa shape index (κ1) is 23.5. The molecule has 164 valence electrons. The third-order valence-electron chi connectivity index (χ3n) is 5.05. The van der Waals surface area contributed by atoms with Crippen molar-refractivity contribution in [1.82, 2.24) is 5.32 Å². The van der Waals surface area contributed by atoms with Crippen LogP contribution in [0, 0.1) is 0 Å². The van der Waals surface area contributed by atoms with E-state index in [9.17, 15) is 0 Å². The van der Waals surface area contributed by atoms with Gasteiger partial charge in [-0.1, -0.05) is 65.7 Å². The average Bonchev–Trinajstić information content (AvgIpc) is 2.79. The second-order valence-electron chi connectivity index (χ2n) is 7.56. The van der Waals surface area contributed by atoms with Gasteiger partial charge in [-0.05, 0) is 67.6 Å². The van der Waals surface area contributed by atoms with Crippen molar-refractivity contribution in [2.45, 2.75) is 45.9 Å². The Hall–Kier alpha value is -2.20. The predicted molar refractivity (Wildman–Crippen MR) is 129 cm³/mol. The van der Waals surface area contributed by atoms with E-state index in [0.29, 0.717) is 35.1 Å². The molecule has 0 aromatic heterocycles. The maximum Gasteiger partial charge on any atom is 0.161 e. The van der Waals surface area contributed by atoms with Crippen molar-refractivity contribution in [3.8, 4) is 11.5 Å². The van der Waals surface area contributed by atoms with Crippen LogP contribution in [0.5, 0.6) is 11.5 Å². The summed E-state index contributed by atoms with van der Waals surface area (Å²) in [6, 6.07) is 22.6. The first-order valence-corrected chi connectivity index (χ1v) is 11.4. The van der Waals surface area contributed by atoms with Crippen molar-refractivity contribution in [1.29, 1.82) is 0 Å². The van der Waals surface area contributed by atoms with Gasteiger partial charge in [0.25, 0.3) is 0 Å². The predicted octanol–water partition coefficient (Wildman–Crippen LogP) is 7.08. The number of hydrogen-bond donors (Lipinski definition) is 1. The van der Waals surface area contributed by atoms with Gasteiger partial charge in [0.2, 0.25) is 0 Å². The molecule has 5 heteroatoms. The normalized spacial score (nSPS) is 11.9. The van der Waals surface area contributed by atoms with Crippen LogP contribution in [-0.4, -0.2) is 12.6 Å². The van der Waals surface area contributed by atoms with Gasteiger partial charge in [-0.25, -0.2) is 0 Å². The highest BCUT2D eigenvalue weighted by Gasteiger charge is 2.09. The minimum absolute atomic E-state index is 0.394. The molecule has 0 bridgehead atoms. The van der Waals surface area contributed by atoms with Crippen molar-refractivity contribution in [2.75, 3.05) is 6.61 Å². The van der Waals surface area contributed by atoms with Crippen molar-refractivity contribution in [2.24, 2.45) is 0 Å². The quantitative estimate of drug-likeness (QED) is 0.333. The average molecular weight is 458 g/mol. The largest absolute Gasteiger partial charge is 0.490 e. The minimum Gasteiger partial charge on any atom is -0.490 e. The molecule has 3 nitrogen and oxygen atoms in total. The Bertz CT molecular complexity index is 963. The maximum atomic E-state index is 6.10. The van der Waals surface area contributed by atoms with Gasteiger partial charge in [-0.2, -0.15) is 0 Å². The van der Waals surface area contributed by atoms with Gasteiger partial charge in [0.15, 0.2) is 11.5 Å². The number of halogens is 2. The monoisotopic (exact) mass is 457 g/mol. The van der Waals surface area contributed by atoms with Gasteiger partial charge in [-0.15, -0.1) is 0 Å². The van der Waals surface area contributed by atoms with Gasteiger partial charge in [-0.3, -0.25) is 0 Å². The summed E-state index contributed by atoms with van der Waals surface area (Å²) >= 11 is 12.1. The summed E-state index contributed by atoms with van der Waals surface area (Å²) in [5, 5.41) is 4.66. The zero-order chi connectivity index (χ0) is 22.1. The van der Waals surface area contributed by atoms with Crippen molar-refractivity contribution < 1.29 is 9.47 Å². The molecular formula is C26H29Cl2NO2. The summed E-state index contributed by atoms with van der Waals surface area (Å²) < 4.78 is 11.8. The first-order valence-electron chi connectivity index (χ1n) is 10.6. The van der Waals surface area contributed by atoms with Gasteiger partial charge < -0.3 is 14.8 Å². The fraction of sp³-hybridized carbons (Fsp3) is 0.308. The molecule has 3 aromatic carbocycles. The fourth-order valence-electron chi connectivity index (χ4n) is 3.26. The van der Waals surface area contributed by atoms with E-state index in [2.05, 4.69) is 48.6 Å². The molecule has 3 aromatic rings. The Labute approximate surface area is 195 Å². The Morgan fingerprint density at radius 2 is 1.58 bits per heavy atom. The number of benzene rings is 3. The molecule has 0 amide bonds. The maximum absolute atomic E-state index is 6.10.